The van der Waals surface area contributed by atoms with Crippen LogP contribution in [0.4, 0.5) is 10.6 Å². The van der Waals surface area contributed by atoms with Gasteiger partial charge in [0, 0.05) is 40.0 Å². The van der Waals surface area contributed by atoms with Crippen LogP contribution < -0.4 is 15.5 Å². The van der Waals surface area contributed by atoms with E-state index in [0.717, 1.165) is 37.3 Å². The lowest BCUT2D eigenvalue weighted by molar-refractivity contribution is 0.0120. The summed E-state index contributed by atoms with van der Waals surface area (Å²) >= 11 is 0. The van der Waals surface area contributed by atoms with Crippen molar-refractivity contribution in [1.29, 1.82) is 0 Å². The molecule has 122 valence electrons. The van der Waals surface area contributed by atoms with Gasteiger partial charge in [-0.3, -0.25) is 0 Å². The number of hydrogen-bond donors (Lipinski definition) is 2. The number of amides is 2. The molecule has 1 atom stereocenters. The molecule has 1 aromatic heterocycles. The molecule has 1 fully saturated rings. The standard InChI is InChI=1S/C16H26N4O2/c1-20(2)15-11-13(6-8-17-15)12-19-16(21)18-9-7-14-5-3-4-10-22-14/h6,8,11,14H,3-5,7,9-10,12H2,1-2H3,(H2,18,19,21). The first kappa shape index (κ1) is 16.5. The molecule has 22 heavy (non-hydrogen) atoms. The predicted octanol–water partition coefficient (Wildman–Crippen LogP) is 1.91. The van der Waals surface area contributed by atoms with E-state index in [-0.39, 0.29) is 6.03 Å². The van der Waals surface area contributed by atoms with Gasteiger partial charge < -0.3 is 20.3 Å². The molecule has 0 spiro atoms. The third kappa shape index (κ3) is 5.52. The Morgan fingerprint density at radius 1 is 1.41 bits per heavy atom. The Morgan fingerprint density at radius 3 is 3.00 bits per heavy atom. The molecule has 6 heteroatoms. The molecule has 6 nitrogen and oxygen atoms in total. The summed E-state index contributed by atoms with van der Waals surface area (Å²) < 4.78 is 5.64. The molecular weight excluding hydrogens is 280 g/mol. The first-order valence-electron chi connectivity index (χ1n) is 7.90. The minimum absolute atomic E-state index is 0.140. The second-order valence-electron chi connectivity index (χ2n) is 5.80. The van der Waals surface area contributed by atoms with E-state index < -0.39 is 0 Å². The Bertz CT molecular complexity index is 473. The lowest BCUT2D eigenvalue weighted by Crippen LogP contribution is -2.37. The van der Waals surface area contributed by atoms with E-state index in [1.165, 1.54) is 6.42 Å². The van der Waals surface area contributed by atoms with Crippen LogP contribution in [-0.2, 0) is 11.3 Å². The van der Waals surface area contributed by atoms with Crippen molar-refractivity contribution in [3.8, 4) is 0 Å². The summed E-state index contributed by atoms with van der Waals surface area (Å²) in [7, 11) is 3.89. The van der Waals surface area contributed by atoms with E-state index in [2.05, 4.69) is 15.6 Å². The number of ether oxygens (including phenoxy) is 1. The van der Waals surface area contributed by atoms with Gasteiger partial charge in [-0.25, -0.2) is 9.78 Å². The summed E-state index contributed by atoms with van der Waals surface area (Å²) in [5, 5.41) is 5.75. The number of urea groups is 1. The van der Waals surface area contributed by atoms with Crippen LogP contribution in [0.5, 0.6) is 0 Å². The summed E-state index contributed by atoms with van der Waals surface area (Å²) in [6.07, 6.45) is 6.43. The van der Waals surface area contributed by atoms with Crippen molar-refractivity contribution in [3.05, 3.63) is 23.9 Å². The molecule has 2 N–H and O–H groups in total. The number of aromatic nitrogens is 1. The molecule has 2 rings (SSSR count). The molecule has 1 aliphatic heterocycles. The van der Waals surface area contributed by atoms with Gasteiger partial charge in [0.1, 0.15) is 5.82 Å². The number of carbonyl (C=O) groups excluding carboxylic acids is 1. The molecule has 1 aliphatic rings. The lowest BCUT2D eigenvalue weighted by Gasteiger charge is -2.22. The second kappa shape index (κ2) is 8.58. The number of nitrogens with one attached hydrogen (secondary N) is 2. The topological polar surface area (TPSA) is 66.5 Å². The predicted molar refractivity (Wildman–Crippen MR) is 87.0 cm³/mol. The van der Waals surface area contributed by atoms with E-state index in [1.54, 1.807) is 6.20 Å². The van der Waals surface area contributed by atoms with Gasteiger partial charge in [-0.05, 0) is 43.4 Å². The van der Waals surface area contributed by atoms with Gasteiger partial charge in [-0.1, -0.05) is 0 Å². The maximum absolute atomic E-state index is 11.8. The number of carbonyl (C=O) groups is 1. The highest BCUT2D eigenvalue weighted by molar-refractivity contribution is 5.73. The van der Waals surface area contributed by atoms with Gasteiger partial charge in [0.2, 0.25) is 0 Å². The van der Waals surface area contributed by atoms with Gasteiger partial charge in [0.15, 0.2) is 0 Å². The van der Waals surface area contributed by atoms with Gasteiger partial charge >= 0.3 is 6.03 Å². The zero-order chi connectivity index (χ0) is 15.8. The Labute approximate surface area is 132 Å². The van der Waals surface area contributed by atoms with Crippen LogP contribution in [0.25, 0.3) is 0 Å². The van der Waals surface area contributed by atoms with Crippen LogP contribution in [0.2, 0.25) is 0 Å². The highest BCUT2D eigenvalue weighted by atomic mass is 16.5. The summed E-state index contributed by atoms with van der Waals surface area (Å²) in [5.74, 6) is 0.883. The largest absolute Gasteiger partial charge is 0.378 e. The van der Waals surface area contributed by atoms with E-state index >= 15 is 0 Å². The van der Waals surface area contributed by atoms with Crippen LogP contribution in [-0.4, -0.2) is 44.4 Å². The minimum Gasteiger partial charge on any atom is -0.378 e. The van der Waals surface area contributed by atoms with E-state index in [1.807, 2.05) is 31.1 Å². The second-order valence-corrected chi connectivity index (χ2v) is 5.80. The molecule has 0 saturated carbocycles. The van der Waals surface area contributed by atoms with Crippen molar-refractivity contribution in [2.24, 2.45) is 0 Å². The molecule has 1 saturated heterocycles. The summed E-state index contributed by atoms with van der Waals surface area (Å²) in [5.41, 5.74) is 1.03. The van der Waals surface area contributed by atoms with Crippen LogP contribution in [0.1, 0.15) is 31.2 Å². The van der Waals surface area contributed by atoms with Crippen LogP contribution >= 0.6 is 0 Å². The van der Waals surface area contributed by atoms with Crippen LogP contribution in [0.15, 0.2) is 18.3 Å². The molecule has 1 aromatic rings. The van der Waals surface area contributed by atoms with Gasteiger partial charge in [-0.2, -0.15) is 0 Å². The number of pyridine rings is 1. The Morgan fingerprint density at radius 2 is 2.27 bits per heavy atom. The highest BCUT2D eigenvalue weighted by Gasteiger charge is 2.13. The fourth-order valence-corrected chi connectivity index (χ4v) is 2.44. The SMILES string of the molecule is CN(C)c1cc(CNC(=O)NCCC2CCCCO2)ccn1. The van der Waals surface area contributed by atoms with Crippen LogP contribution in [0, 0.1) is 0 Å². The van der Waals surface area contributed by atoms with Crippen molar-refractivity contribution in [2.75, 3.05) is 32.1 Å². The van der Waals surface area contributed by atoms with E-state index in [4.69, 9.17) is 4.74 Å². The molecule has 0 radical (unpaired) electrons. The average Bonchev–Trinajstić information content (AvgIpc) is 2.54. The maximum atomic E-state index is 11.8. The van der Waals surface area contributed by atoms with Crippen molar-refractivity contribution >= 4 is 11.8 Å². The van der Waals surface area contributed by atoms with Crippen molar-refractivity contribution in [3.63, 3.8) is 0 Å². The normalized spacial score (nSPS) is 17.8. The monoisotopic (exact) mass is 306 g/mol. The average molecular weight is 306 g/mol. The van der Waals surface area contributed by atoms with Crippen molar-refractivity contribution in [1.82, 2.24) is 15.6 Å². The molecule has 2 amide bonds. The third-order valence-corrected chi connectivity index (χ3v) is 3.75. The number of nitrogens with zero attached hydrogens (tertiary/aromatic N) is 2. The minimum atomic E-state index is -0.140. The smallest absolute Gasteiger partial charge is 0.315 e. The molecule has 0 aromatic carbocycles. The maximum Gasteiger partial charge on any atom is 0.315 e. The molecule has 2 heterocycles. The highest BCUT2D eigenvalue weighted by Crippen LogP contribution is 2.14. The molecule has 1 unspecified atom stereocenters. The molecular formula is C16H26N4O2. The van der Waals surface area contributed by atoms with E-state index in [9.17, 15) is 4.79 Å². The number of hydrogen-bond acceptors (Lipinski definition) is 4. The van der Waals surface area contributed by atoms with Crippen molar-refractivity contribution < 1.29 is 9.53 Å². The lowest BCUT2D eigenvalue weighted by atomic mass is 10.1. The fraction of sp³-hybridized carbons (Fsp3) is 0.625. The van der Waals surface area contributed by atoms with Crippen LogP contribution in [0.3, 0.4) is 0 Å². The van der Waals surface area contributed by atoms with Gasteiger partial charge in [-0.15, -0.1) is 0 Å². The Hall–Kier alpha value is -1.82. The Balaban J connectivity index is 1.65. The zero-order valence-electron chi connectivity index (χ0n) is 13.5. The number of rotatable bonds is 6. The summed E-state index contributed by atoms with van der Waals surface area (Å²) in [6.45, 7) is 2.00. The van der Waals surface area contributed by atoms with Gasteiger partial charge in [0.25, 0.3) is 0 Å². The van der Waals surface area contributed by atoms with Crippen molar-refractivity contribution in [2.45, 2.75) is 38.3 Å². The first-order valence-corrected chi connectivity index (χ1v) is 7.90. The quantitative estimate of drug-likeness (QED) is 0.842. The molecule has 0 bridgehead atoms. The first-order chi connectivity index (χ1) is 10.6. The van der Waals surface area contributed by atoms with E-state index in [0.29, 0.717) is 19.2 Å². The van der Waals surface area contributed by atoms with Gasteiger partial charge in [0.05, 0.1) is 6.10 Å². The number of anilines is 1. The molecule has 0 aliphatic carbocycles. The fourth-order valence-electron chi connectivity index (χ4n) is 2.44. The zero-order valence-corrected chi connectivity index (χ0v) is 13.5. The summed E-state index contributed by atoms with van der Waals surface area (Å²) in [6, 6.07) is 3.73. The summed E-state index contributed by atoms with van der Waals surface area (Å²) in [4.78, 5) is 18.0. The Kier molecular flexibility index (Phi) is 6.45. The third-order valence-electron chi connectivity index (χ3n) is 3.75.